The molecule has 0 saturated carbocycles. The number of oxazole rings is 1. The third kappa shape index (κ3) is 1.39. The van der Waals surface area contributed by atoms with E-state index in [1.165, 1.54) is 11.3 Å². The van der Waals surface area contributed by atoms with Crippen LogP contribution in [0.2, 0.25) is 0 Å². The number of carbonyl (C=O) groups is 1. The van der Waals surface area contributed by atoms with E-state index in [9.17, 15) is 4.79 Å². The molecular formula is C8H6N2O3S. The van der Waals surface area contributed by atoms with Crippen LogP contribution in [0.5, 0.6) is 0 Å². The number of rotatable bonds is 2. The summed E-state index contributed by atoms with van der Waals surface area (Å²) in [6.45, 7) is 1.82. The molecule has 1 N–H and O–H groups in total. The summed E-state index contributed by atoms with van der Waals surface area (Å²) >= 11 is 1.37. The Morgan fingerprint density at radius 2 is 2.43 bits per heavy atom. The zero-order valence-electron chi connectivity index (χ0n) is 7.22. The zero-order chi connectivity index (χ0) is 10.1. The van der Waals surface area contributed by atoms with Crippen LogP contribution in [0.25, 0.3) is 10.8 Å². The summed E-state index contributed by atoms with van der Waals surface area (Å²) in [5.41, 5.74) is 2.36. The lowest BCUT2D eigenvalue weighted by atomic mass is 10.4. The molecule has 0 aromatic carbocycles. The highest BCUT2D eigenvalue weighted by Gasteiger charge is 2.14. The van der Waals surface area contributed by atoms with Gasteiger partial charge in [0.25, 0.3) is 0 Å². The summed E-state index contributed by atoms with van der Waals surface area (Å²) < 4.78 is 5.03. The van der Waals surface area contributed by atoms with Gasteiger partial charge in [-0.1, -0.05) is 0 Å². The molecule has 2 aromatic heterocycles. The van der Waals surface area contributed by atoms with Crippen molar-refractivity contribution < 1.29 is 14.3 Å². The molecule has 2 aromatic rings. The number of carboxylic acid groups (broad SMARTS) is 1. The van der Waals surface area contributed by atoms with E-state index in [1.807, 2.05) is 6.92 Å². The summed E-state index contributed by atoms with van der Waals surface area (Å²) in [6, 6.07) is 0. The zero-order valence-corrected chi connectivity index (χ0v) is 8.04. The van der Waals surface area contributed by atoms with Crippen LogP contribution in [0, 0.1) is 6.92 Å². The van der Waals surface area contributed by atoms with Gasteiger partial charge in [0.15, 0.2) is 5.69 Å². The number of aryl methyl sites for hydroxylation is 1. The summed E-state index contributed by atoms with van der Waals surface area (Å²) in [4.78, 5) is 19.1. The molecule has 0 saturated heterocycles. The van der Waals surface area contributed by atoms with Crippen LogP contribution in [0.4, 0.5) is 0 Å². The molecule has 0 aliphatic heterocycles. The fourth-order valence-electron chi connectivity index (χ4n) is 0.983. The average Bonchev–Trinajstić information content (AvgIpc) is 2.71. The third-order valence-corrected chi connectivity index (χ3v) is 2.58. The molecule has 14 heavy (non-hydrogen) atoms. The van der Waals surface area contributed by atoms with Crippen molar-refractivity contribution in [2.75, 3.05) is 0 Å². The molecule has 0 aliphatic rings. The van der Waals surface area contributed by atoms with Crippen molar-refractivity contribution in [1.82, 2.24) is 9.97 Å². The molecule has 0 atom stereocenters. The Kier molecular flexibility index (Phi) is 2.05. The van der Waals surface area contributed by atoms with Crippen molar-refractivity contribution in [3.8, 4) is 10.8 Å². The van der Waals surface area contributed by atoms with Crippen molar-refractivity contribution in [3.05, 3.63) is 23.2 Å². The van der Waals surface area contributed by atoms with Gasteiger partial charge in [0.1, 0.15) is 11.1 Å². The van der Waals surface area contributed by atoms with Crippen LogP contribution in [0.15, 0.2) is 16.2 Å². The average molecular weight is 210 g/mol. The highest BCUT2D eigenvalue weighted by Crippen LogP contribution is 2.25. The first kappa shape index (κ1) is 8.89. The highest BCUT2D eigenvalue weighted by molar-refractivity contribution is 7.13. The van der Waals surface area contributed by atoms with Gasteiger partial charge >= 0.3 is 5.97 Å². The maximum atomic E-state index is 10.5. The Balaban J connectivity index is 2.43. The summed E-state index contributed by atoms with van der Waals surface area (Å²) in [6.07, 6.45) is 1.12. The van der Waals surface area contributed by atoms with Gasteiger partial charge in [-0.2, -0.15) is 0 Å². The number of hydrogen-bond acceptors (Lipinski definition) is 5. The van der Waals surface area contributed by atoms with E-state index in [2.05, 4.69) is 9.97 Å². The fourth-order valence-corrected chi connectivity index (χ4v) is 1.72. The van der Waals surface area contributed by atoms with E-state index in [0.717, 1.165) is 16.8 Å². The van der Waals surface area contributed by atoms with Crippen LogP contribution < -0.4 is 0 Å². The monoisotopic (exact) mass is 210 g/mol. The maximum absolute atomic E-state index is 10.5. The summed E-state index contributed by atoms with van der Waals surface area (Å²) in [5.74, 6) is -0.787. The van der Waals surface area contributed by atoms with Gasteiger partial charge in [0.2, 0.25) is 5.89 Å². The lowest BCUT2D eigenvalue weighted by Crippen LogP contribution is -1.95. The standard InChI is InChI=1S/C8H6N2O3S/c1-4-6(14-3-9-4)7-10-5(2-13-7)8(11)12/h2-3H,1H3,(H,11,12). The van der Waals surface area contributed by atoms with E-state index in [0.29, 0.717) is 5.89 Å². The fraction of sp³-hybridized carbons (Fsp3) is 0.125. The van der Waals surface area contributed by atoms with Gasteiger partial charge in [-0.15, -0.1) is 11.3 Å². The van der Waals surface area contributed by atoms with Gasteiger partial charge in [-0.25, -0.2) is 14.8 Å². The Hall–Kier alpha value is -1.69. The Morgan fingerprint density at radius 1 is 1.64 bits per heavy atom. The second-order valence-corrected chi connectivity index (χ2v) is 3.46. The first-order valence-electron chi connectivity index (χ1n) is 3.78. The summed E-state index contributed by atoms with van der Waals surface area (Å²) in [5, 5.41) is 8.63. The number of thiazole rings is 1. The molecule has 0 aliphatic carbocycles. The first-order chi connectivity index (χ1) is 6.68. The van der Waals surface area contributed by atoms with E-state index >= 15 is 0 Å². The first-order valence-corrected chi connectivity index (χ1v) is 4.65. The number of aromatic nitrogens is 2. The molecule has 0 amide bonds. The molecule has 72 valence electrons. The molecule has 0 bridgehead atoms. The third-order valence-electron chi connectivity index (χ3n) is 1.66. The number of nitrogens with zero attached hydrogens (tertiary/aromatic N) is 2. The topological polar surface area (TPSA) is 76.2 Å². The van der Waals surface area contributed by atoms with Crippen molar-refractivity contribution in [3.63, 3.8) is 0 Å². The molecule has 2 rings (SSSR count). The normalized spacial score (nSPS) is 10.4. The van der Waals surface area contributed by atoms with Gasteiger partial charge < -0.3 is 9.52 Å². The van der Waals surface area contributed by atoms with Gasteiger partial charge in [-0.05, 0) is 6.92 Å². The number of hydrogen-bond donors (Lipinski definition) is 1. The minimum atomic E-state index is -1.10. The van der Waals surface area contributed by atoms with Gasteiger partial charge in [-0.3, -0.25) is 0 Å². The smallest absolute Gasteiger partial charge is 0.357 e. The maximum Gasteiger partial charge on any atom is 0.357 e. The van der Waals surface area contributed by atoms with Crippen molar-refractivity contribution in [1.29, 1.82) is 0 Å². The van der Waals surface area contributed by atoms with Crippen molar-refractivity contribution in [2.24, 2.45) is 0 Å². The van der Waals surface area contributed by atoms with Gasteiger partial charge in [0, 0.05) is 0 Å². The molecule has 6 heteroatoms. The minimum absolute atomic E-state index is 0.0900. The second-order valence-electron chi connectivity index (χ2n) is 2.61. The number of aromatic carboxylic acids is 1. The Bertz CT molecular complexity index is 474. The molecule has 0 fully saturated rings. The number of carboxylic acids is 1. The predicted molar refractivity (Wildman–Crippen MR) is 49.3 cm³/mol. The van der Waals surface area contributed by atoms with Crippen LogP contribution >= 0.6 is 11.3 Å². The molecule has 0 radical (unpaired) electrons. The van der Waals surface area contributed by atoms with Crippen LogP contribution in [0.1, 0.15) is 16.2 Å². The van der Waals surface area contributed by atoms with Crippen molar-refractivity contribution in [2.45, 2.75) is 6.92 Å². The minimum Gasteiger partial charge on any atom is -0.476 e. The Labute approximate surface area is 83.0 Å². The molecule has 0 spiro atoms. The lowest BCUT2D eigenvalue weighted by molar-refractivity contribution is 0.0690. The van der Waals surface area contributed by atoms with E-state index in [1.54, 1.807) is 5.51 Å². The van der Waals surface area contributed by atoms with Crippen molar-refractivity contribution >= 4 is 17.3 Å². The SMILES string of the molecule is Cc1ncsc1-c1nc(C(=O)O)co1. The van der Waals surface area contributed by atoms with Gasteiger partial charge in [0.05, 0.1) is 11.2 Å². The van der Waals surface area contributed by atoms with Crippen LogP contribution in [-0.2, 0) is 0 Å². The largest absolute Gasteiger partial charge is 0.476 e. The molecular weight excluding hydrogens is 204 g/mol. The molecule has 5 nitrogen and oxygen atoms in total. The van der Waals surface area contributed by atoms with Crippen LogP contribution in [0.3, 0.4) is 0 Å². The van der Waals surface area contributed by atoms with E-state index in [-0.39, 0.29) is 5.69 Å². The molecule has 0 unspecified atom stereocenters. The quantitative estimate of drug-likeness (QED) is 0.817. The Morgan fingerprint density at radius 3 is 2.93 bits per heavy atom. The van der Waals surface area contributed by atoms with E-state index < -0.39 is 5.97 Å². The highest BCUT2D eigenvalue weighted by atomic mass is 32.1. The second kappa shape index (κ2) is 3.22. The van der Waals surface area contributed by atoms with Crippen LogP contribution in [-0.4, -0.2) is 21.0 Å². The lowest BCUT2D eigenvalue weighted by Gasteiger charge is -1.88. The molecule has 2 heterocycles. The predicted octanol–water partition coefficient (Wildman–Crippen LogP) is 1.80. The summed E-state index contributed by atoms with van der Waals surface area (Å²) in [7, 11) is 0. The van der Waals surface area contributed by atoms with E-state index in [4.69, 9.17) is 9.52 Å².